The van der Waals surface area contributed by atoms with Gasteiger partial charge < -0.3 is 5.32 Å². The lowest BCUT2D eigenvalue weighted by atomic mass is 10.1. The highest BCUT2D eigenvalue weighted by atomic mass is 32.1. The molecule has 2 aromatic rings. The van der Waals surface area contributed by atoms with Gasteiger partial charge in [-0.05, 0) is 68.0 Å². The molecule has 0 saturated heterocycles. The molecule has 112 valence electrons. The van der Waals surface area contributed by atoms with Gasteiger partial charge in [-0.25, -0.2) is 4.39 Å². The lowest BCUT2D eigenvalue weighted by molar-refractivity contribution is 0.488. The van der Waals surface area contributed by atoms with Crippen LogP contribution < -0.4 is 5.32 Å². The molecule has 1 unspecified atom stereocenters. The van der Waals surface area contributed by atoms with Crippen LogP contribution in [0.5, 0.6) is 0 Å². The fourth-order valence-electron chi connectivity index (χ4n) is 2.77. The third-order valence-electron chi connectivity index (χ3n) is 4.17. The number of nitrogens with one attached hydrogen (secondary N) is 1. The Kier molecular flexibility index (Phi) is 4.41. The summed E-state index contributed by atoms with van der Waals surface area (Å²) in [6.45, 7) is 5.12. The van der Waals surface area contributed by atoms with E-state index in [9.17, 15) is 4.39 Å². The third kappa shape index (κ3) is 3.19. The first kappa shape index (κ1) is 14.7. The van der Waals surface area contributed by atoms with Gasteiger partial charge in [0.15, 0.2) is 0 Å². The summed E-state index contributed by atoms with van der Waals surface area (Å²) in [6.07, 6.45) is 3.81. The smallest absolute Gasteiger partial charge is 0.126 e. The van der Waals surface area contributed by atoms with Crippen LogP contribution in [0.3, 0.4) is 0 Å². The van der Waals surface area contributed by atoms with E-state index in [2.05, 4.69) is 24.4 Å². The molecule has 1 aromatic carbocycles. The van der Waals surface area contributed by atoms with E-state index < -0.39 is 0 Å². The van der Waals surface area contributed by atoms with Crippen molar-refractivity contribution in [3.63, 3.8) is 0 Å². The van der Waals surface area contributed by atoms with Crippen molar-refractivity contribution in [3.05, 3.63) is 46.6 Å². The zero-order valence-electron chi connectivity index (χ0n) is 12.7. The summed E-state index contributed by atoms with van der Waals surface area (Å²) < 4.78 is 13.7. The van der Waals surface area contributed by atoms with Crippen LogP contribution >= 0.6 is 11.3 Å². The second-order valence-corrected chi connectivity index (χ2v) is 7.00. The Morgan fingerprint density at radius 2 is 2.10 bits per heavy atom. The fraction of sp³-hybridized carbons (Fsp3) is 0.444. The third-order valence-corrected chi connectivity index (χ3v) is 5.38. The zero-order valence-corrected chi connectivity index (χ0v) is 13.5. The molecule has 1 aliphatic rings. The van der Waals surface area contributed by atoms with Gasteiger partial charge in [0.05, 0.1) is 0 Å². The van der Waals surface area contributed by atoms with E-state index in [1.165, 1.54) is 28.7 Å². The molecular weight excluding hydrogens is 281 g/mol. The van der Waals surface area contributed by atoms with E-state index in [0.717, 1.165) is 30.0 Å². The van der Waals surface area contributed by atoms with Gasteiger partial charge in [0.25, 0.3) is 0 Å². The van der Waals surface area contributed by atoms with Crippen LogP contribution in [0.25, 0.3) is 10.4 Å². The minimum absolute atomic E-state index is 0.120. The van der Waals surface area contributed by atoms with Crippen LogP contribution in [0, 0.1) is 18.7 Å². The molecule has 1 aliphatic carbocycles. The van der Waals surface area contributed by atoms with E-state index in [-0.39, 0.29) is 5.82 Å². The SMILES string of the molecule is CCCNC(c1ccc(-c2cccc(F)c2C)s1)C1CC1. The molecule has 0 bridgehead atoms. The topological polar surface area (TPSA) is 12.0 Å². The fourth-order valence-corrected chi connectivity index (χ4v) is 4.03. The standard InChI is InChI=1S/C18H22FNS/c1-3-11-20-18(13-7-8-13)17-10-9-16(21-17)14-5-4-6-15(19)12(14)2/h4-6,9-10,13,18,20H,3,7-8,11H2,1-2H3. The first-order chi connectivity index (χ1) is 10.2. The van der Waals surface area contributed by atoms with Crippen molar-refractivity contribution in [2.75, 3.05) is 6.54 Å². The summed E-state index contributed by atoms with van der Waals surface area (Å²) in [6, 6.07) is 10.2. The van der Waals surface area contributed by atoms with Gasteiger partial charge in [0.1, 0.15) is 5.82 Å². The van der Waals surface area contributed by atoms with Crippen molar-refractivity contribution in [1.82, 2.24) is 5.32 Å². The van der Waals surface area contributed by atoms with E-state index in [4.69, 9.17) is 0 Å². The van der Waals surface area contributed by atoms with Gasteiger partial charge in [-0.2, -0.15) is 0 Å². The van der Waals surface area contributed by atoms with Crippen molar-refractivity contribution >= 4 is 11.3 Å². The largest absolute Gasteiger partial charge is 0.309 e. The number of halogens is 1. The maximum Gasteiger partial charge on any atom is 0.126 e. The maximum absolute atomic E-state index is 13.7. The van der Waals surface area contributed by atoms with Crippen molar-refractivity contribution in [3.8, 4) is 10.4 Å². The maximum atomic E-state index is 13.7. The van der Waals surface area contributed by atoms with Gasteiger partial charge in [-0.3, -0.25) is 0 Å². The van der Waals surface area contributed by atoms with Crippen molar-refractivity contribution in [2.45, 2.75) is 39.2 Å². The molecule has 1 heterocycles. The molecule has 1 nitrogen and oxygen atoms in total. The van der Waals surface area contributed by atoms with Crippen LogP contribution in [0.1, 0.15) is 42.7 Å². The Labute approximate surface area is 130 Å². The van der Waals surface area contributed by atoms with Gasteiger partial charge in [0, 0.05) is 15.8 Å². The molecule has 0 aliphatic heterocycles. The summed E-state index contributed by atoms with van der Waals surface area (Å²) >= 11 is 1.81. The van der Waals surface area contributed by atoms with Gasteiger partial charge >= 0.3 is 0 Å². The molecule has 0 spiro atoms. The average molecular weight is 303 g/mol. The molecule has 3 rings (SSSR count). The minimum Gasteiger partial charge on any atom is -0.309 e. The summed E-state index contributed by atoms with van der Waals surface area (Å²) in [5.74, 6) is 0.668. The van der Waals surface area contributed by atoms with Crippen LogP contribution in [-0.4, -0.2) is 6.54 Å². The summed E-state index contributed by atoms with van der Waals surface area (Å²) in [5.41, 5.74) is 1.77. The second kappa shape index (κ2) is 6.29. The number of hydrogen-bond acceptors (Lipinski definition) is 2. The predicted octanol–water partition coefficient (Wildman–Crippen LogP) is 5.31. The van der Waals surface area contributed by atoms with E-state index >= 15 is 0 Å². The van der Waals surface area contributed by atoms with Crippen LogP contribution in [0.4, 0.5) is 4.39 Å². The van der Waals surface area contributed by atoms with Gasteiger partial charge in [-0.15, -0.1) is 11.3 Å². The number of rotatable bonds is 6. The van der Waals surface area contributed by atoms with E-state index in [1.54, 1.807) is 17.4 Å². The normalized spacial score (nSPS) is 16.1. The van der Waals surface area contributed by atoms with Crippen LogP contribution in [0.2, 0.25) is 0 Å². The Hall–Kier alpha value is -1.19. The summed E-state index contributed by atoms with van der Waals surface area (Å²) in [5, 5.41) is 3.67. The molecule has 1 N–H and O–H groups in total. The number of thiophene rings is 1. The van der Waals surface area contributed by atoms with E-state index in [1.807, 2.05) is 13.0 Å². The summed E-state index contributed by atoms with van der Waals surface area (Å²) in [4.78, 5) is 2.57. The number of hydrogen-bond donors (Lipinski definition) is 1. The molecule has 21 heavy (non-hydrogen) atoms. The molecule has 1 saturated carbocycles. The molecular formula is C18H22FNS. The van der Waals surface area contributed by atoms with E-state index in [0.29, 0.717) is 6.04 Å². The Morgan fingerprint density at radius 1 is 1.29 bits per heavy atom. The molecule has 0 radical (unpaired) electrons. The average Bonchev–Trinajstić information content (AvgIpc) is 3.20. The molecule has 1 atom stereocenters. The van der Waals surface area contributed by atoms with Crippen LogP contribution in [0.15, 0.2) is 30.3 Å². The minimum atomic E-state index is -0.120. The highest BCUT2D eigenvalue weighted by Gasteiger charge is 2.32. The molecule has 1 aromatic heterocycles. The highest BCUT2D eigenvalue weighted by molar-refractivity contribution is 7.15. The Morgan fingerprint density at radius 3 is 2.81 bits per heavy atom. The van der Waals surface area contributed by atoms with Crippen molar-refractivity contribution in [2.24, 2.45) is 5.92 Å². The van der Waals surface area contributed by atoms with Crippen molar-refractivity contribution < 1.29 is 4.39 Å². The quantitative estimate of drug-likeness (QED) is 0.762. The first-order valence-electron chi connectivity index (χ1n) is 7.79. The molecule has 0 amide bonds. The molecule has 3 heteroatoms. The van der Waals surface area contributed by atoms with Gasteiger partial charge in [0.2, 0.25) is 0 Å². The lowest BCUT2D eigenvalue weighted by Crippen LogP contribution is -2.22. The second-order valence-electron chi connectivity index (χ2n) is 5.88. The predicted molar refractivity (Wildman–Crippen MR) is 88.2 cm³/mol. The Bertz CT molecular complexity index is 615. The number of benzene rings is 1. The first-order valence-corrected chi connectivity index (χ1v) is 8.61. The lowest BCUT2D eigenvalue weighted by Gasteiger charge is -2.16. The Balaban J connectivity index is 1.86. The summed E-state index contributed by atoms with van der Waals surface area (Å²) in [7, 11) is 0. The molecule has 1 fully saturated rings. The zero-order chi connectivity index (χ0) is 14.8. The highest BCUT2D eigenvalue weighted by Crippen LogP contribution is 2.44. The van der Waals surface area contributed by atoms with Crippen molar-refractivity contribution in [1.29, 1.82) is 0 Å². The van der Waals surface area contributed by atoms with Crippen LogP contribution in [-0.2, 0) is 0 Å². The van der Waals surface area contributed by atoms with Gasteiger partial charge in [-0.1, -0.05) is 19.1 Å². The monoisotopic (exact) mass is 303 g/mol.